The van der Waals surface area contributed by atoms with E-state index < -0.39 is 15.6 Å². The van der Waals surface area contributed by atoms with Crippen molar-refractivity contribution >= 4 is 21.7 Å². The van der Waals surface area contributed by atoms with E-state index in [1.807, 2.05) is 0 Å². The zero-order valence-electron chi connectivity index (χ0n) is 12.2. The summed E-state index contributed by atoms with van der Waals surface area (Å²) in [4.78, 5) is 23.2. The molecule has 0 aromatic heterocycles. The number of ketones is 1. The zero-order valence-corrected chi connectivity index (χ0v) is 13.0. The number of nitrogens with zero attached hydrogens (tertiary/aromatic N) is 1. The van der Waals surface area contributed by atoms with E-state index in [1.54, 1.807) is 13.8 Å². The molecule has 0 bridgehead atoms. The molecule has 1 aromatic rings. The van der Waals surface area contributed by atoms with Crippen LogP contribution in [0.2, 0.25) is 0 Å². The zero-order chi connectivity index (χ0) is 15.8. The monoisotopic (exact) mass is 310 g/mol. The van der Waals surface area contributed by atoms with Gasteiger partial charge in [0.25, 0.3) is 0 Å². The van der Waals surface area contributed by atoms with Crippen molar-refractivity contribution in [3.8, 4) is 0 Å². The molecule has 1 fully saturated rings. The van der Waals surface area contributed by atoms with Crippen LogP contribution in [0.25, 0.3) is 0 Å². The third-order valence-corrected chi connectivity index (χ3v) is 5.72. The molecule has 0 saturated carbocycles. The van der Waals surface area contributed by atoms with Crippen molar-refractivity contribution in [2.24, 2.45) is 0 Å². The molecule has 0 aliphatic carbocycles. The van der Waals surface area contributed by atoms with E-state index in [0.717, 1.165) is 0 Å². The summed E-state index contributed by atoms with van der Waals surface area (Å²) < 4.78 is 26.6. The number of carbonyl (C=O) groups excluding carboxylic acids is 2. The Hall–Kier alpha value is -1.73. The predicted molar refractivity (Wildman–Crippen MR) is 77.4 cm³/mol. The first-order chi connectivity index (χ1) is 9.67. The highest BCUT2D eigenvalue weighted by atomic mass is 32.2. The summed E-state index contributed by atoms with van der Waals surface area (Å²) in [6.07, 6.45) is 0. The fourth-order valence-electron chi connectivity index (χ4n) is 2.29. The molecule has 1 saturated heterocycles. The molecule has 1 amide bonds. The van der Waals surface area contributed by atoms with Crippen LogP contribution < -0.4 is 5.32 Å². The molecule has 1 aliphatic heterocycles. The van der Waals surface area contributed by atoms with E-state index in [4.69, 9.17) is 0 Å². The van der Waals surface area contributed by atoms with E-state index >= 15 is 0 Å². The molecule has 1 heterocycles. The summed E-state index contributed by atoms with van der Waals surface area (Å²) in [5.41, 5.74) is -0.694. The molecule has 114 valence electrons. The molecule has 21 heavy (non-hydrogen) atoms. The van der Waals surface area contributed by atoms with Gasteiger partial charge in [-0.3, -0.25) is 9.59 Å². The number of nitrogens with one attached hydrogen (secondary N) is 1. The molecule has 0 radical (unpaired) electrons. The van der Waals surface area contributed by atoms with Crippen LogP contribution in [0.3, 0.4) is 0 Å². The van der Waals surface area contributed by atoms with Crippen molar-refractivity contribution < 1.29 is 18.0 Å². The van der Waals surface area contributed by atoms with Gasteiger partial charge in [-0.05, 0) is 32.9 Å². The second-order valence-corrected chi connectivity index (χ2v) is 7.33. The second-order valence-electron chi connectivity index (χ2n) is 5.47. The van der Waals surface area contributed by atoms with Crippen molar-refractivity contribution in [2.45, 2.75) is 31.2 Å². The summed E-state index contributed by atoms with van der Waals surface area (Å²) in [6, 6.07) is 5.75. The van der Waals surface area contributed by atoms with Crippen LogP contribution in [0.15, 0.2) is 29.2 Å². The number of hydrogen-bond acceptors (Lipinski definition) is 4. The maximum absolute atomic E-state index is 12.7. The number of Topliss-reactive ketones (excluding diaryl/α,β-unsaturated/α-hetero) is 1. The highest BCUT2D eigenvalue weighted by molar-refractivity contribution is 7.89. The van der Waals surface area contributed by atoms with E-state index in [9.17, 15) is 18.0 Å². The van der Waals surface area contributed by atoms with Gasteiger partial charge < -0.3 is 5.32 Å². The summed E-state index contributed by atoms with van der Waals surface area (Å²) in [7, 11) is -3.78. The first-order valence-corrected chi connectivity index (χ1v) is 8.03. The van der Waals surface area contributed by atoms with Crippen LogP contribution in [-0.2, 0) is 14.8 Å². The Kier molecular flexibility index (Phi) is 3.90. The first-order valence-electron chi connectivity index (χ1n) is 6.59. The maximum Gasteiger partial charge on any atom is 0.244 e. The largest absolute Gasteiger partial charge is 0.353 e. The summed E-state index contributed by atoms with van der Waals surface area (Å²) >= 11 is 0. The molecule has 2 rings (SSSR count). The Labute approximate surface area is 124 Å². The number of benzene rings is 1. The molecule has 7 heteroatoms. The lowest BCUT2D eigenvalue weighted by Crippen LogP contribution is -2.63. The standard InChI is InChI=1S/C14H18N2O4S/c1-10(17)11-4-6-12(7-5-11)21(19,20)16-9-8-15-13(18)14(16,2)3/h4-7H,8-9H2,1-3H3,(H,15,18). The van der Waals surface area contributed by atoms with Crippen molar-refractivity contribution in [3.63, 3.8) is 0 Å². The van der Waals surface area contributed by atoms with Crippen LogP contribution in [0.1, 0.15) is 31.1 Å². The minimum atomic E-state index is -3.78. The van der Waals surface area contributed by atoms with Gasteiger partial charge in [-0.15, -0.1) is 0 Å². The Morgan fingerprint density at radius 1 is 1.24 bits per heavy atom. The molecule has 0 unspecified atom stereocenters. The maximum atomic E-state index is 12.7. The SMILES string of the molecule is CC(=O)c1ccc(S(=O)(=O)N2CCNC(=O)C2(C)C)cc1. The minimum absolute atomic E-state index is 0.0790. The average Bonchev–Trinajstić information content (AvgIpc) is 2.41. The van der Waals surface area contributed by atoms with Gasteiger partial charge in [0.2, 0.25) is 15.9 Å². The number of rotatable bonds is 3. The Bertz CT molecular complexity index is 677. The predicted octanol–water partition coefficient (Wildman–Crippen LogP) is 0.788. The van der Waals surface area contributed by atoms with Gasteiger partial charge in [0, 0.05) is 18.7 Å². The van der Waals surface area contributed by atoms with Gasteiger partial charge in [-0.2, -0.15) is 4.31 Å². The topological polar surface area (TPSA) is 83.6 Å². The molecule has 6 nitrogen and oxygen atoms in total. The fraction of sp³-hybridized carbons (Fsp3) is 0.429. The van der Waals surface area contributed by atoms with Crippen LogP contribution in [0, 0.1) is 0 Å². The van der Waals surface area contributed by atoms with Crippen LogP contribution in [-0.4, -0.2) is 43.0 Å². The van der Waals surface area contributed by atoms with Gasteiger partial charge in [-0.25, -0.2) is 8.42 Å². The van der Waals surface area contributed by atoms with Crippen LogP contribution >= 0.6 is 0 Å². The summed E-state index contributed by atoms with van der Waals surface area (Å²) in [6.45, 7) is 5.07. The van der Waals surface area contributed by atoms with Gasteiger partial charge in [0.15, 0.2) is 5.78 Å². The summed E-state index contributed by atoms with van der Waals surface area (Å²) in [5, 5.41) is 2.66. The Morgan fingerprint density at radius 2 is 1.81 bits per heavy atom. The van der Waals surface area contributed by atoms with Crippen LogP contribution in [0.5, 0.6) is 0 Å². The van der Waals surface area contributed by atoms with E-state index in [2.05, 4.69) is 5.32 Å². The van der Waals surface area contributed by atoms with Crippen molar-refractivity contribution in [3.05, 3.63) is 29.8 Å². The second kappa shape index (κ2) is 5.23. The smallest absolute Gasteiger partial charge is 0.244 e. The van der Waals surface area contributed by atoms with Crippen molar-refractivity contribution in [1.82, 2.24) is 9.62 Å². The number of piperazine rings is 1. The van der Waals surface area contributed by atoms with Crippen molar-refractivity contribution in [2.75, 3.05) is 13.1 Å². The molecular weight excluding hydrogens is 292 g/mol. The highest BCUT2D eigenvalue weighted by Crippen LogP contribution is 2.26. The molecule has 1 aromatic carbocycles. The van der Waals surface area contributed by atoms with Crippen molar-refractivity contribution in [1.29, 1.82) is 0 Å². The summed E-state index contributed by atoms with van der Waals surface area (Å²) in [5.74, 6) is -0.450. The molecule has 0 spiro atoms. The Morgan fingerprint density at radius 3 is 2.33 bits per heavy atom. The van der Waals surface area contributed by atoms with Gasteiger partial charge in [0.05, 0.1) is 4.90 Å². The number of hydrogen-bond donors (Lipinski definition) is 1. The van der Waals surface area contributed by atoms with Gasteiger partial charge in [-0.1, -0.05) is 12.1 Å². The lowest BCUT2D eigenvalue weighted by atomic mass is 10.0. The Balaban J connectivity index is 2.41. The number of sulfonamides is 1. The quantitative estimate of drug-likeness (QED) is 0.837. The third kappa shape index (κ3) is 2.71. The fourth-order valence-corrected chi connectivity index (χ4v) is 4.04. The average molecular weight is 310 g/mol. The number of carbonyl (C=O) groups is 2. The molecule has 1 aliphatic rings. The minimum Gasteiger partial charge on any atom is -0.353 e. The first kappa shape index (κ1) is 15.7. The highest BCUT2D eigenvalue weighted by Gasteiger charge is 2.44. The van der Waals surface area contributed by atoms with Crippen LogP contribution in [0.4, 0.5) is 0 Å². The normalized spacial score (nSPS) is 19.1. The van der Waals surface area contributed by atoms with E-state index in [-0.39, 0.29) is 29.7 Å². The van der Waals surface area contributed by atoms with Gasteiger partial charge in [0.1, 0.15) is 5.54 Å². The lowest BCUT2D eigenvalue weighted by molar-refractivity contribution is -0.131. The molecule has 1 N–H and O–H groups in total. The molecule has 0 atom stereocenters. The van der Waals surface area contributed by atoms with E-state index in [1.165, 1.54) is 35.5 Å². The third-order valence-electron chi connectivity index (χ3n) is 3.63. The molecular formula is C14H18N2O4S. The van der Waals surface area contributed by atoms with E-state index in [0.29, 0.717) is 5.56 Å². The lowest BCUT2D eigenvalue weighted by Gasteiger charge is -2.39. The van der Waals surface area contributed by atoms with Gasteiger partial charge >= 0.3 is 0 Å². The number of amides is 1.